The van der Waals surface area contributed by atoms with Crippen LogP contribution in [0.1, 0.15) is 11.1 Å². The molecular formula is C17H19FN2O. The molecule has 0 radical (unpaired) electrons. The number of fused-ring (bicyclic) bond motifs is 1. The standard InChI is InChI=1S/C17H19FN2O/c18-15-9-13(5-6-19)10-16(11-15)20-7-8-21-17-4-2-1-3-14(17)12-20/h1-4,9-11H,5-8,12,19H2. The van der Waals surface area contributed by atoms with Gasteiger partial charge in [-0.25, -0.2) is 4.39 Å². The third-order valence-corrected chi connectivity index (χ3v) is 3.69. The van der Waals surface area contributed by atoms with Crippen molar-refractivity contribution in [3.8, 4) is 5.75 Å². The highest BCUT2D eigenvalue weighted by Gasteiger charge is 2.16. The van der Waals surface area contributed by atoms with Gasteiger partial charge in [0.25, 0.3) is 0 Å². The molecule has 0 saturated heterocycles. The number of hydrogen-bond acceptors (Lipinski definition) is 3. The minimum absolute atomic E-state index is 0.214. The summed E-state index contributed by atoms with van der Waals surface area (Å²) in [4.78, 5) is 2.15. The van der Waals surface area contributed by atoms with Gasteiger partial charge in [0.1, 0.15) is 18.2 Å². The van der Waals surface area contributed by atoms with Crippen LogP contribution in [0.4, 0.5) is 10.1 Å². The normalized spacial score (nSPS) is 14.3. The second kappa shape index (κ2) is 6.14. The minimum Gasteiger partial charge on any atom is -0.491 e. The van der Waals surface area contributed by atoms with Gasteiger partial charge in [0.2, 0.25) is 0 Å². The van der Waals surface area contributed by atoms with E-state index >= 15 is 0 Å². The zero-order chi connectivity index (χ0) is 14.7. The Hall–Kier alpha value is -2.07. The monoisotopic (exact) mass is 286 g/mol. The number of hydrogen-bond donors (Lipinski definition) is 1. The van der Waals surface area contributed by atoms with Crippen LogP contribution in [0.5, 0.6) is 5.75 Å². The van der Waals surface area contributed by atoms with Gasteiger partial charge in [0.05, 0.1) is 6.54 Å². The van der Waals surface area contributed by atoms with Gasteiger partial charge in [-0.2, -0.15) is 0 Å². The Labute approximate surface area is 124 Å². The topological polar surface area (TPSA) is 38.5 Å². The van der Waals surface area contributed by atoms with Crippen LogP contribution in [-0.4, -0.2) is 19.7 Å². The molecule has 0 aromatic heterocycles. The number of anilines is 1. The van der Waals surface area contributed by atoms with Crippen molar-refractivity contribution in [3.05, 3.63) is 59.4 Å². The molecule has 4 heteroatoms. The fraction of sp³-hybridized carbons (Fsp3) is 0.294. The molecule has 3 rings (SSSR count). The fourth-order valence-corrected chi connectivity index (χ4v) is 2.67. The quantitative estimate of drug-likeness (QED) is 0.943. The lowest BCUT2D eigenvalue weighted by Gasteiger charge is -2.23. The second-order valence-corrected chi connectivity index (χ2v) is 5.23. The number of rotatable bonds is 3. The molecule has 0 amide bonds. The largest absolute Gasteiger partial charge is 0.491 e. The molecule has 2 aromatic carbocycles. The van der Waals surface area contributed by atoms with Gasteiger partial charge in [0.15, 0.2) is 0 Å². The summed E-state index contributed by atoms with van der Waals surface area (Å²) in [6.07, 6.45) is 0.686. The number of nitrogens with two attached hydrogens (primary N) is 1. The van der Waals surface area contributed by atoms with Crippen molar-refractivity contribution in [1.82, 2.24) is 0 Å². The first-order valence-electron chi connectivity index (χ1n) is 7.21. The molecule has 3 nitrogen and oxygen atoms in total. The van der Waals surface area contributed by atoms with E-state index in [-0.39, 0.29) is 5.82 Å². The maximum absolute atomic E-state index is 13.8. The Balaban J connectivity index is 1.90. The van der Waals surface area contributed by atoms with Crippen LogP contribution >= 0.6 is 0 Å². The molecule has 1 aliphatic rings. The zero-order valence-corrected chi connectivity index (χ0v) is 11.9. The first-order valence-corrected chi connectivity index (χ1v) is 7.21. The van der Waals surface area contributed by atoms with Gasteiger partial charge in [-0.15, -0.1) is 0 Å². The molecule has 0 aliphatic carbocycles. The summed E-state index contributed by atoms with van der Waals surface area (Å²) in [5.74, 6) is 0.702. The van der Waals surface area contributed by atoms with Crippen LogP contribution in [0.2, 0.25) is 0 Å². The summed E-state index contributed by atoms with van der Waals surface area (Å²) < 4.78 is 19.6. The third kappa shape index (κ3) is 3.16. The van der Waals surface area contributed by atoms with E-state index in [1.165, 1.54) is 0 Å². The second-order valence-electron chi connectivity index (χ2n) is 5.23. The maximum Gasteiger partial charge on any atom is 0.125 e. The number of nitrogens with zero attached hydrogens (tertiary/aromatic N) is 1. The summed E-state index contributed by atoms with van der Waals surface area (Å²) >= 11 is 0. The van der Waals surface area contributed by atoms with Gasteiger partial charge < -0.3 is 15.4 Å². The summed E-state index contributed by atoms with van der Waals surface area (Å²) in [6, 6.07) is 13.1. The van der Waals surface area contributed by atoms with Crippen molar-refractivity contribution < 1.29 is 9.13 Å². The molecule has 2 N–H and O–H groups in total. The molecule has 0 bridgehead atoms. The molecule has 2 aromatic rings. The van der Waals surface area contributed by atoms with Crippen LogP contribution in [0, 0.1) is 5.82 Å². The van der Waals surface area contributed by atoms with Crippen molar-refractivity contribution in [3.63, 3.8) is 0 Å². The Morgan fingerprint density at radius 3 is 2.90 bits per heavy atom. The molecule has 0 saturated carbocycles. The zero-order valence-electron chi connectivity index (χ0n) is 11.9. The van der Waals surface area contributed by atoms with Gasteiger partial charge in [-0.3, -0.25) is 0 Å². The first-order chi connectivity index (χ1) is 10.3. The lowest BCUT2D eigenvalue weighted by Crippen LogP contribution is -2.25. The fourth-order valence-electron chi connectivity index (χ4n) is 2.67. The third-order valence-electron chi connectivity index (χ3n) is 3.69. The molecule has 1 aliphatic heterocycles. The van der Waals surface area contributed by atoms with E-state index in [9.17, 15) is 4.39 Å². The van der Waals surface area contributed by atoms with Crippen molar-refractivity contribution in [1.29, 1.82) is 0 Å². The van der Waals surface area contributed by atoms with E-state index < -0.39 is 0 Å². The van der Waals surface area contributed by atoms with Gasteiger partial charge >= 0.3 is 0 Å². The van der Waals surface area contributed by atoms with Crippen LogP contribution in [0.15, 0.2) is 42.5 Å². The molecule has 0 spiro atoms. The Morgan fingerprint density at radius 1 is 1.19 bits per heavy atom. The van der Waals surface area contributed by atoms with E-state index in [0.717, 1.165) is 35.7 Å². The molecule has 0 unspecified atom stereocenters. The highest BCUT2D eigenvalue weighted by Crippen LogP contribution is 2.27. The average Bonchev–Trinajstić information content (AvgIpc) is 2.69. The molecule has 110 valence electrons. The SMILES string of the molecule is NCCc1cc(F)cc(N2CCOc3ccccc3C2)c1. The Morgan fingerprint density at radius 2 is 2.05 bits per heavy atom. The van der Waals surface area contributed by atoms with Gasteiger partial charge in [-0.05, 0) is 42.8 Å². The van der Waals surface area contributed by atoms with Gasteiger partial charge in [0, 0.05) is 17.8 Å². The molecule has 0 atom stereocenters. The van der Waals surface area contributed by atoms with E-state index in [4.69, 9.17) is 10.5 Å². The predicted molar refractivity (Wildman–Crippen MR) is 82.1 cm³/mol. The number of ether oxygens (including phenoxy) is 1. The summed E-state index contributed by atoms with van der Waals surface area (Å²) in [6.45, 7) is 2.58. The number of halogens is 1. The Kier molecular flexibility index (Phi) is 4.06. The number of benzene rings is 2. The van der Waals surface area contributed by atoms with Crippen molar-refractivity contribution >= 4 is 5.69 Å². The molecular weight excluding hydrogens is 267 g/mol. The highest BCUT2D eigenvalue weighted by atomic mass is 19.1. The summed E-state index contributed by atoms with van der Waals surface area (Å²) in [5, 5.41) is 0. The van der Waals surface area contributed by atoms with Crippen molar-refractivity contribution in [2.24, 2.45) is 5.73 Å². The van der Waals surface area contributed by atoms with Gasteiger partial charge in [-0.1, -0.05) is 18.2 Å². The van der Waals surface area contributed by atoms with E-state index in [2.05, 4.69) is 4.90 Å². The average molecular weight is 286 g/mol. The molecule has 0 fully saturated rings. The number of para-hydroxylation sites is 1. The molecule has 21 heavy (non-hydrogen) atoms. The maximum atomic E-state index is 13.8. The van der Waals surface area contributed by atoms with E-state index in [0.29, 0.717) is 19.6 Å². The lowest BCUT2D eigenvalue weighted by atomic mass is 10.1. The summed E-state index contributed by atoms with van der Waals surface area (Å²) in [7, 11) is 0. The first kappa shape index (κ1) is 13.9. The molecule has 1 heterocycles. The lowest BCUT2D eigenvalue weighted by molar-refractivity contribution is 0.331. The van der Waals surface area contributed by atoms with Crippen LogP contribution in [-0.2, 0) is 13.0 Å². The van der Waals surface area contributed by atoms with Crippen molar-refractivity contribution in [2.75, 3.05) is 24.6 Å². The summed E-state index contributed by atoms with van der Waals surface area (Å²) in [5.41, 5.74) is 8.52. The van der Waals surface area contributed by atoms with E-state index in [1.54, 1.807) is 12.1 Å². The smallest absolute Gasteiger partial charge is 0.125 e. The highest BCUT2D eigenvalue weighted by molar-refractivity contribution is 5.51. The van der Waals surface area contributed by atoms with Crippen LogP contribution < -0.4 is 15.4 Å². The van der Waals surface area contributed by atoms with E-state index in [1.807, 2.05) is 30.3 Å². The minimum atomic E-state index is -0.214. The van der Waals surface area contributed by atoms with Crippen LogP contribution in [0.25, 0.3) is 0 Å². The van der Waals surface area contributed by atoms with Crippen LogP contribution in [0.3, 0.4) is 0 Å². The predicted octanol–water partition coefficient (Wildman–Crippen LogP) is 2.73. The Bertz CT molecular complexity index is 630. The van der Waals surface area contributed by atoms with Crippen molar-refractivity contribution in [2.45, 2.75) is 13.0 Å².